The summed E-state index contributed by atoms with van der Waals surface area (Å²) in [7, 11) is 0. The van der Waals surface area contributed by atoms with Crippen molar-refractivity contribution in [2.75, 3.05) is 5.32 Å². The van der Waals surface area contributed by atoms with Gasteiger partial charge in [-0.2, -0.15) is 5.10 Å². The van der Waals surface area contributed by atoms with Crippen LogP contribution in [0.3, 0.4) is 0 Å². The average Bonchev–Trinajstić information content (AvgIpc) is 2.84. The molecule has 2 rings (SSSR count). The van der Waals surface area contributed by atoms with Crippen LogP contribution in [0.1, 0.15) is 12.0 Å². The average molecular weight is 266 g/mol. The van der Waals surface area contributed by atoms with Gasteiger partial charge in [0.15, 0.2) is 0 Å². The Labute approximate surface area is 109 Å². The first-order valence-electron chi connectivity index (χ1n) is 5.39. The summed E-state index contributed by atoms with van der Waals surface area (Å²) >= 11 is 5.80. The lowest BCUT2D eigenvalue weighted by atomic mass is 10.3. The second-order valence-corrected chi connectivity index (χ2v) is 4.15. The molecule has 0 radical (unpaired) electrons. The van der Waals surface area contributed by atoms with Gasteiger partial charge in [0.25, 0.3) is 0 Å². The molecule has 0 unspecified atom stereocenters. The first-order chi connectivity index (χ1) is 8.65. The van der Waals surface area contributed by atoms with Crippen LogP contribution in [0.4, 0.5) is 5.69 Å². The lowest BCUT2D eigenvalue weighted by molar-refractivity contribution is -0.116. The summed E-state index contributed by atoms with van der Waals surface area (Å²) in [5.74, 6) is -0.103. The Bertz CT molecular complexity index is 540. The van der Waals surface area contributed by atoms with Crippen molar-refractivity contribution in [2.24, 2.45) is 0 Å². The van der Waals surface area contributed by atoms with Crippen molar-refractivity contribution in [3.63, 3.8) is 0 Å². The smallest absolute Gasteiger partial charge is 0.226 e. The molecule has 0 saturated heterocycles. The zero-order valence-electron chi connectivity index (χ0n) is 9.80. The lowest BCUT2D eigenvalue weighted by Gasteiger charge is -2.06. The quantitative estimate of drug-likeness (QED) is 0.854. The van der Waals surface area contributed by atoms with Crippen LogP contribution in [0.25, 0.3) is 0 Å². The molecule has 2 aromatic rings. The number of nitrogens with one attached hydrogen (secondary N) is 1. The minimum absolute atomic E-state index is 0.103. The summed E-state index contributed by atoms with van der Waals surface area (Å²) in [6.45, 7) is 2.33. The van der Waals surface area contributed by atoms with Gasteiger partial charge in [0, 0.05) is 6.42 Å². The van der Waals surface area contributed by atoms with Gasteiger partial charge in [0.2, 0.25) is 5.91 Å². The van der Waals surface area contributed by atoms with Gasteiger partial charge in [-0.25, -0.2) is 9.97 Å². The number of carbonyl (C=O) groups is 1. The van der Waals surface area contributed by atoms with E-state index >= 15 is 0 Å². The van der Waals surface area contributed by atoms with Crippen LogP contribution >= 0.6 is 11.6 Å². The maximum absolute atomic E-state index is 11.7. The number of aromatic nitrogens is 4. The molecule has 0 aliphatic carbocycles. The van der Waals surface area contributed by atoms with Gasteiger partial charge >= 0.3 is 0 Å². The highest BCUT2D eigenvalue weighted by Crippen LogP contribution is 2.16. The normalized spacial score (nSPS) is 10.3. The number of aryl methyl sites for hydroxylation is 2. The van der Waals surface area contributed by atoms with E-state index in [1.54, 1.807) is 17.1 Å². The van der Waals surface area contributed by atoms with E-state index in [1.807, 2.05) is 6.92 Å². The van der Waals surface area contributed by atoms with Gasteiger partial charge in [-0.05, 0) is 18.6 Å². The largest absolute Gasteiger partial charge is 0.325 e. The zero-order valence-corrected chi connectivity index (χ0v) is 10.6. The molecule has 2 heterocycles. The monoisotopic (exact) mass is 265 g/mol. The number of anilines is 1. The molecular weight excluding hydrogens is 254 g/mol. The fourth-order valence-corrected chi connectivity index (χ4v) is 1.52. The van der Waals surface area contributed by atoms with Crippen molar-refractivity contribution in [1.29, 1.82) is 0 Å². The molecule has 0 spiro atoms. The van der Waals surface area contributed by atoms with Gasteiger partial charge in [-0.3, -0.25) is 9.48 Å². The van der Waals surface area contributed by atoms with Gasteiger partial charge in [-0.1, -0.05) is 11.6 Å². The molecule has 18 heavy (non-hydrogen) atoms. The first-order valence-corrected chi connectivity index (χ1v) is 5.77. The van der Waals surface area contributed by atoms with Crippen LogP contribution < -0.4 is 5.32 Å². The van der Waals surface area contributed by atoms with Crippen LogP contribution in [0.15, 0.2) is 24.9 Å². The van der Waals surface area contributed by atoms with E-state index in [2.05, 4.69) is 20.4 Å². The minimum Gasteiger partial charge on any atom is -0.325 e. The predicted octanol–water partition coefficient (Wildman–Crippen LogP) is 1.66. The van der Waals surface area contributed by atoms with Crippen molar-refractivity contribution in [2.45, 2.75) is 19.9 Å². The molecule has 6 nitrogen and oxygen atoms in total. The zero-order chi connectivity index (χ0) is 13.0. The summed E-state index contributed by atoms with van der Waals surface area (Å²) in [6.07, 6.45) is 4.86. The fraction of sp³-hybridized carbons (Fsp3) is 0.273. The second-order valence-electron chi connectivity index (χ2n) is 3.79. The van der Waals surface area contributed by atoms with E-state index in [0.29, 0.717) is 23.8 Å². The molecule has 0 aromatic carbocycles. The Kier molecular flexibility index (Phi) is 3.88. The third-order valence-corrected chi connectivity index (χ3v) is 2.73. The van der Waals surface area contributed by atoms with Crippen LogP contribution in [0, 0.1) is 6.92 Å². The number of amides is 1. The van der Waals surface area contributed by atoms with Crippen molar-refractivity contribution in [1.82, 2.24) is 19.7 Å². The topological polar surface area (TPSA) is 72.7 Å². The Morgan fingerprint density at radius 2 is 2.39 bits per heavy atom. The summed E-state index contributed by atoms with van der Waals surface area (Å²) in [6, 6.07) is 1.78. The fourth-order valence-electron chi connectivity index (χ4n) is 1.41. The molecule has 0 aliphatic rings. The van der Waals surface area contributed by atoms with Gasteiger partial charge in [0.1, 0.15) is 17.8 Å². The SMILES string of the molecule is Cc1cc(NC(=O)CCn2cncn2)cnc1Cl. The maximum atomic E-state index is 11.7. The van der Waals surface area contributed by atoms with Crippen LogP contribution in [0.5, 0.6) is 0 Å². The van der Waals surface area contributed by atoms with E-state index in [0.717, 1.165) is 5.56 Å². The van der Waals surface area contributed by atoms with Gasteiger partial charge < -0.3 is 5.32 Å². The maximum Gasteiger partial charge on any atom is 0.226 e. The van der Waals surface area contributed by atoms with E-state index in [9.17, 15) is 4.79 Å². The van der Waals surface area contributed by atoms with E-state index in [1.165, 1.54) is 12.5 Å². The number of carbonyl (C=O) groups excluding carboxylic acids is 1. The highest BCUT2D eigenvalue weighted by molar-refractivity contribution is 6.30. The number of hydrogen-bond donors (Lipinski definition) is 1. The summed E-state index contributed by atoms with van der Waals surface area (Å²) < 4.78 is 1.60. The highest BCUT2D eigenvalue weighted by Gasteiger charge is 2.05. The van der Waals surface area contributed by atoms with E-state index < -0.39 is 0 Å². The van der Waals surface area contributed by atoms with Crippen molar-refractivity contribution in [3.8, 4) is 0 Å². The highest BCUT2D eigenvalue weighted by atomic mass is 35.5. The summed E-state index contributed by atoms with van der Waals surface area (Å²) in [5, 5.41) is 7.11. The molecule has 0 saturated carbocycles. The molecule has 1 amide bonds. The van der Waals surface area contributed by atoms with Crippen LogP contribution in [-0.4, -0.2) is 25.7 Å². The number of pyridine rings is 1. The molecule has 0 bridgehead atoms. The Hall–Kier alpha value is -1.95. The Morgan fingerprint density at radius 1 is 1.56 bits per heavy atom. The third-order valence-electron chi connectivity index (χ3n) is 2.33. The number of hydrogen-bond acceptors (Lipinski definition) is 4. The molecular formula is C11H12ClN5O. The lowest BCUT2D eigenvalue weighted by Crippen LogP contribution is -2.15. The first kappa shape index (κ1) is 12.5. The number of nitrogens with zero attached hydrogens (tertiary/aromatic N) is 4. The standard InChI is InChI=1S/C11H12ClN5O/c1-8-4-9(5-14-11(8)12)16-10(18)2-3-17-7-13-6-15-17/h4-7H,2-3H2,1H3,(H,16,18). The van der Waals surface area contributed by atoms with Crippen molar-refractivity contribution >= 4 is 23.2 Å². The Balaban J connectivity index is 1.88. The molecule has 0 aliphatic heterocycles. The van der Waals surface area contributed by atoms with E-state index in [-0.39, 0.29) is 5.91 Å². The van der Waals surface area contributed by atoms with Gasteiger partial charge in [-0.15, -0.1) is 0 Å². The van der Waals surface area contributed by atoms with Crippen molar-refractivity contribution < 1.29 is 4.79 Å². The molecule has 0 atom stereocenters. The second kappa shape index (κ2) is 5.59. The molecule has 94 valence electrons. The van der Waals surface area contributed by atoms with Crippen molar-refractivity contribution in [3.05, 3.63) is 35.6 Å². The van der Waals surface area contributed by atoms with Crippen LogP contribution in [0.2, 0.25) is 5.15 Å². The minimum atomic E-state index is -0.103. The van der Waals surface area contributed by atoms with Crippen LogP contribution in [-0.2, 0) is 11.3 Å². The molecule has 7 heteroatoms. The van der Waals surface area contributed by atoms with E-state index in [4.69, 9.17) is 11.6 Å². The number of rotatable bonds is 4. The molecule has 1 N–H and O–H groups in total. The molecule has 2 aromatic heterocycles. The van der Waals surface area contributed by atoms with Gasteiger partial charge in [0.05, 0.1) is 18.4 Å². The molecule has 0 fully saturated rings. The summed E-state index contributed by atoms with van der Waals surface area (Å²) in [5.41, 5.74) is 1.46. The third kappa shape index (κ3) is 3.27. The predicted molar refractivity (Wildman–Crippen MR) is 67.3 cm³/mol. The Morgan fingerprint density at radius 3 is 3.06 bits per heavy atom. The number of halogens is 1. The summed E-state index contributed by atoms with van der Waals surface area (Å²) in [4.78, 5) is 19.4.